The molecule has 0 fully saturated rings. The Morgan fingerprint density at radius 3 is 2.70 bits per heavy atom. The fourth-order valence-electron chi connectivity index (χ4n) is 2.00. The first kappa shape index (κ1) is 16.4. The third-order valence-corrected chi connectivity index (χ3v) is 2.98. The lowest BCUT2D eigenvalue weighted by molar-refractivity contribution is -0.119. The first-order valence-corrected chi connectivity index (χ1v) is 6.85. The van der Waals surface area contributed by atoms with Gasteiger partial charge in [0, 0.05) is 20.6 Å². The Morgan fingerprint density at radius 1 is 1.40 bits per heavy atom. The van der Waals surface area contributed by atoms with Crippen molar-refractivity contribution in [2.45, 2.75) is 20.4 Å². The molecule has 0 aromatic heterocycles. The molecule has 0 spiro atoms. The fraction of sp³-hybridized carbons (Fsp3) is 0.533. The van der Waals surface area contributed by atoms with Gasteiger partial charge < -0.3 is 15.5 Å². The molecule has 20 heavy (non-hydrogen) atoms. The van der Waals surface area contributed by atoms with Gasteiger partial charge in [0.15, 0.2) is 0 Å². The van der Waals surface area contributed by atoms with Gasteiger partial charge in [-0.15, -0.1) is 0 Å². The maximum atomic E-state index is 14.0. The minimum Gasteiger partial charge on any atom is -0.363 e. The highest BCUT2D eigenvalue weighted by Crippen LogP contribution is 2.23. The summed E-state index contributed by atoms with van der Waals surface area (Å²) in [6.07, 6.45) is 0. The highest BCUT2D eigenvalue weighted by atomic mass is 19.1. The van der Waals surface area contributed by atoms with Gasteiger partial charge in [0.2, 0.25) is 5.91 Å². The second kappa shape index (κ2) is 7.85. The van der Waals surface area contributed by atoms with E-state index in [1.54, 1.807) is 25.1 Å². The molecule has 0 bridgehead atoms. The van der Waals surface area contributed by atoms with E-state index < -0.39 is 0 Å². The molecule has 0 saturated carbocycles. The second-order valence-electron chi connectivity index (χ2n) is 5.30. The van der Waals surface area contributed by atoms with Gasteiger partial charge in [0.05, 0.1) is 12.2 Å². The van der Waals surface area contributed by atoms with E-state index in [0.29, 0.717) is 18.2 Å². The number of hydrogen-bond donors (Lipinski definition) is 2. The van der Waals surface area contributed by atoms with Gasteiger partial charge in [-0.3, -0.25) is 4.79 Å². The zero-order valence-electron chi connectivity index (χ0n) is 12.7. The number of hydrogen-bond acceptors (Lipinski definition) is 3. The van der Waals surface area contributed by atoms with Crippen LogP contribution in [-0.4, -0.2) is 33.1 Å². The third-order valence-electron chi connectivity index (χ3n) is 2.98. The Bertz CT molecular complexity index is 449. The van der Waals surface area contributed by atoms with Crippen LogP contribution in [-0.2, 0) is 11.3 Å². The van der Waals surface area contributed by atoms with Crippen molar-refractivity contribution in [1.29, 1.82) is 0 Å². The van der Waals surface area contributed by atoms with Crippen LogP contribution in [0.25, 0.3) is 0 Å². The zero-order valence-corrected chi connectivity index (χ0v) is 12.7. The van der Waals surface area contributed by atoms with Crippen LogP contribution >= 0.6 is 0 Å². The number of carbonyl (C=O) groups is 1. The molecule has 0 aliphatic heterocycles. The van der Waals surface area contributed by atoms with E-state index in [-0.39, 0.29) is 18.3 Å². The number of carbonyl (C=O) groups excluding carboxylic acids is 1. The van der Waals surface area contributed by atoms with E-state index in [2.05, 4.69) is 24.5 Å². The van der Waals surface area contributed by atoms with E-state index in [9.17, 15) is 9.18 Å². The van der Waals surface area contributed by atoms with Crippen LogP contribution < -0.4 is 15.5 Å². The topological polar surface area (TPSA) is 44.4 Å². The van der Waals surface area contributed by atoms with Crippen molar-refractivity contribution in [2.24, 2.45) is 5.92 Å². The summed E-state index contributed by atoms with van der Waals surface area (Å²) in [6.45, 7) is 5.83. The molecule has 1 amide bonds. The molecule has 0 atom stereocenters. The lowest BCUT2D eigenvalue weighted by Gasteiger charge is -2.22. The summed E-state index contributed by atoms with van der Waals surface area (Å²) >= 11 is 0. The van der Waals surface area contributed by atoms with Gasteiger partial charge >= 0.3 is 0 Å². The first-order valence-electron chi connectivity index (χ1n) is 6.85. The van der Waals surface area contributed by atoms with Gasteiger partial charge in [-0.2, -0.15) is 0 Å². The van der Waals surface area contributed by atoms with Crippen LogP contribution in [0.2, 0.25) is 0 Å². The zero-order chi connectivity index (χ0) is 15.1. The lowest BCUT2D eigenvalue weighted by atomic mass is 10.1. The monoisotopic (exact) mass is 281 g/mol. The summed E-state index contributed by atoms with van der Waals surface area (Å²) in [5.74, 6) is 0.0905. The molecule has 2 N–H and O–H groups in total. The molecule has 0 radical (unpaired) electrons. The fourth-order valence-corrected chi connectivity index (χ4v) is 2.00. The van der Waals surface area contributed by atoms with E-state index in [4.69, 9.17) is 0 Å². The van der Waals surface area contributed by atoms with Crippen molar-refractivity contribution >= 4 is 11.6 Å². The smallest absolute Gasteiger partial charge is 0.239 e. The molecule has 112 valence electrons. The Hall–Kier alpha value is -1.62. The molecule has 1 aromatic carbocycles. The summed E-state index contributed by atoms with van der Waals surface area (Å²) in [7, 11) is 3.29. The number of amides is 1. The second-order valence-corrected chi connectivity index (χ2v) is 5.30. The molecule has 4 nitrogen and oxygen atoms in total. The summed E-state index contributed by atoms with van der Waals surface area (Å²) < 4.78 is 14.0. The van der Waals surface area contributed by atoms with Gasteiger partial charge in [-0.1, -0.05) is 26.0 Å². The van der Waals surface area contributed by atoms with Crippen LogP contribution in [0, 0.1) is 11.7 Å². The van der Waals surface area contributed by atoms with Crippen molar-refractivity contribution in [3.05, 3.63) is 29.6 Å². The van der Waals surface area contributed by atoms with Crippen molar-refractivity contribution in [1.82, 2.24) is 10.6 Å². The number of nitrogens with one attached hydrogen (secondary N) is 2. The molecule has 0 aliphatic carbocycles. The van der Waals surface area contributed by atoms with Gasteiger partial charge in [-0.25, -0.2) is 4.39 Å². The summed E-state index contributed by atoms with van der Waals surface area (Å²) in [5, 5.41) is 5.84. The molecule has 0 saturated heterocycles. The molecular formula is C15H24FN3O. The SMILES string of the molecule is CNC(=O)CN(C)c1c(F)cccc1CNCC(C)C. The molecule has 0 unspecified atom stereocenters. The summed E-state index contributed by atoms with van der Waals surface area (Å²) in [4.78, 5) is 13.1. The van der Waals surface area contributed by atoms with Crippen LogP contribution in [0.3, 0.4) is 0 Å². The Balaban J connectivity index is 2.84. The summed E-state index contributed by atoms with van der Waals surface area (Å²) in [6, 6.07) is 4.99. The average Bonchev–Trinajstić information content (AvgIpc) is 2.38. The Morgan fingerprint density at radius 2 is 2.10 bits per heavy atom. The quantitative estimate of drug-likeness (QED) is 0.800. The van der Waals surface area contributed by atoms with E-state index >= 15 is 0 Å². The highest BCUT2D eigenvalue weighted by Gasteiger charge is 2.14. The largest absolute Gasteiger partial charge is 0.363 e. The van der Waals surface area contributed by atoms with Crippen LogP contribution in [0.15, 0.2) is 18.2 Å². The number of rotatable bonds is 7. The van der Waals surface area contributed by atoms with Gasteiger partial charge in [-0.05, 0) is 24.1 Å². The molecule has 0 heterocycles. The lowest BCUT2D eigenvalue weighted by Crippen LogP contribution is -2.34. The predicted octanol–water partition coefficient (Wildman–Crippen LogP) is 1.75. The number of nitrogens with zero attached hydrogens (tertiary/aromatic N) is 1. The minimum absolute atomic E-state index is 0.134. The number of likely N-dealkylation sites (N-methyl/N-ethyl adjacent to an activating group) is 2. The van der Waals surface area contributed by atoms with Crippen molar-refractivity contribution < 1.29 is 9.18 Å². The number of halogens is 1. The molecule has 1 rings (SSSR count). The Labute approximate surface area is 120 Å². The van der Waals surface area contributed by atoms with Crippen LogP contribution in [0.5, 0.6) is 0 Å². The van der Waals surface area contributed by atoms with Gasteiger partial charge in [0.25, 0.3) is 0 Å². The van der Waals surface area contributed by atoms with E-state index in [1.807, 2.05) is 6.07 Å². The number of benzene rings is 1. The highest BCUT2D eigenvalue weighted by molar-refractivity contribution is 5.81. The Kier molecular flexibility index (Phi) is 6.45. The van der Waals surface area contributed by atoms with Crippen LogP contribution in [0.1, 0.15) is 19.4 Å². The molecule has 5 heteroatoms. The molecule has 1 aromatic rings. The minimum atomic E-state index is -0.305. The maximum Gasteiger partial charge on any atom is 0.239 e. The normalized spacial score (nSPS) is 10.7. The first-order chi connectivity index (χ1) is 9.45. The number of para-hydroxylation sites is 1. The van der Waals surface area contributed by atoms with E-state index in [0.717, 1.165) is 12.1 Å². The predicted molar refractivity (Wildman–Crippen MR) is 80.3 cm³/mol. The summed E-state index contributed by atoms with van der Waals surface area (Å²) in [5.41, 5.74) is 1.34. The van der Waals surface area contributed by atoms with Crippen molar-refractivity contribution in [2.75, 3.05) is 32.1 Å². The average molecular weight is 281 g/mol. The number of anilines is 1. The standard InChI is InChI=1S/C15H24FN3O/c1-11(2)8-18-9-12-6-5-7-13(16)15(12)19(4)10-14(20)17-3/h5-7,11,18H,8-10H2,1-4H3,(H,17,20). The van der Waals surface area contributed by atoms with Crippen molar-refractivity contribution in [3.8, 4) is 0 Å². The van der Waals surface area contributed by atoms with Gasteiger partial charge in [0.1, 0.15) is 5.82 Å². The maximum absolute atomic E-state index is 14.0. The molecule has 0 aliphatic rings. The van der Waals surface area contributed by atoms with E-state index in [1.165, 1.54) is 6.07 Å². The van der Waals surface area contributed by atoms with Crippen molar-refractivity contribution in [3.63, 3.8) is 0 Å². The van der Waals surface area contributed by atoms with Crippen LogP contribution in [0.4, 0.5) is 10.1 Å². The molecular weight excluding hydrogens is 257 g/mol. The third kappa shape index (κ3) is 4.81.